The van der Waals surface area contributed by atoms with Gasteiger partial charge in [0.05, 0.1) is 22.6 Å². The molecule has 0 saturated heterocycles. The summed E-state index contributed by atoms with van der Waals surface area (Å²) in [5, 5.41) is 1.15. The van der Waals surface area contributed by atoms with Gasteiger partial charge in [0.1, 0.15) is 5.82 Å². The second-order valence-corrected chi connectivity index (χ2v) is 9.32. The Kier molecular flexibility index (Phi) is 9.70. The Balaban J connectivity index is 2.06. The highest BCUT2D eigenvalue weighted by atomic mass is 35.5. The molecule has 0 aliphatic carbocycles. The number of para-hydroxylation sites is 1. The largest absolute Gasteiger partial charge is 0.333 e. The van der Waals surface area contributed by atoms with Crippen molar-refractivity contribution in [1.29, 1.82) is 0 Å². The van der Waals surface area contributed by atoms with E-state index in [0.29, 0.717) is 40.4 Å². The summed E-state index contributed by atoms with van der Waals surface area (Å²) in [7, 11) is 0. The van der Waals surface area contributed by atoms with Crippen LogP contribution in [0.4, 0.5) is 0 Å². The van der Waals surface area contributed by atoms with Crippen molar-refractivity contribution < 1.29 is 4.79 Å². The number of rotatable bonds is 12. The summed E-state index contributed by atoms with van der Waals surface area (Å²) in [4.78, 5) is 33.8. The number of hydrogen-bond donors (Lipinski definition) is 0. The molecule has 2 aromatic carbocycles. The van der Waals surface area contributed by atoms with Gasteiger partial charge in [0.25, 0.3) is 5.56 Å². The second kappa shape index (κ2) is 12.7. The van der Waals surface area contributed by atoms with Crippen LogP contribution in [0.2, 0.25) is 5.02 Å². The van der Waals surface area contributed by atoms with E-state index in [0.717, 1.165) is 44.9 Å². The van der Waals surface area contributed by atoms with Gasteiger partial charge in [-0.05, 0) is 56.2 Å². The van der Waals surface area contributed by atoms with Crippen molar-refractivity contribution >= 4 is 28.4 Å². The molecule has 1 atom stereocenters. The number of aromatic nitrogens is 2. The Labute approximate surface area is 207 Å². The predicted octanol–water partition coefficient (Wildman–Crippen LogP) is 7.09. The SMILES string of the molecule is CCCCCCC(=O)N(CCCCC)C(C)c1nc2ccccc2c(=O)n1-c1ccc(Cl)cc1. The van der Waals surface area contributed by atoms with Crippen LogP contribution in [0, 0.1) is 0 Å². The van der Waals surface area contributed by atoms with E-state index in [-0.39, 0.29) is 17.5 Å². The molecular formula is C28H36ClN3O2. The minimum atomic E-state index is -0.344. The van der Waals surface area contributed by atoms with E-state index in [9.17, 15) is 9.59 Å². The number of nitrogens with zero attached hydrogens (tertiary/aromatic N) is 3. The van der Waals surface area contributed by atoms with Crippen molar-refractivity contribution in [3.8, 4) is 5.69 Å². The van der Waals surface area contributed by atoms with Crippen LogP contribution >= 0.6 is 11.6 Å². The first-order valence-corrected chi connectivity index (χ1v) is 12.9. The second-order valence-electron chi connectivity index (χ2n) is 8.89. The van der Waals surface area contributed by atoms with E-state index >= 15 is 0 Å². The molecule has 1 heterocycles. The summed E-state index contributed by atoms with van der Waals surface area (Å²) in [5.41, 5.74) is 1.19. The van der Waals surface area contributed by atoms with Gasteiger partial charge in [-0.25, -0.2) is 4.98 Å². The van der Waals surface area contributed by atoms with Crippen molar-refractivity contribution in [2.75, 3.05) is 6.54 Å². The molecule has 1 unspecified atom stereocenters. The van der Waals surface area contributed by atoms with Gasteiger partial charge in [-0.1, -0.05) is 69.7 Å². The molecule has 182 valence electrons. The maximum absolute atomic E-state index is 13.6. The van der Waals surface area contributed by atoms with Crippen LogP contribution < -0.4 is 5.56 Å². The topological polar surface area (TPSA) is 55.2 Å². The average Bonchev–Trinajstić information content (AvgIpc) is 2.85. The van der Waals surface area contributed by atoms with E-state index in [1.807, 2.05) is 42.2 Å². The van der Waals surface area contributed by atoms with Gasteiger partial charge in [-0.3, -0.25) is 14.2 Å². The molecule has 34 heavy (non-hydrogen) atoms. The van der Waals surface area contributed by atoms with Gasteiger partial charge in [-0.2, -0.15) is 0 Å². The molecule has 0 spiro atoms. The fourth-order valence-electron chi connectivity index (χ4n) is 4.32. The number of fused-ring (bicyclic) bond motifs is 1. The summed E-state index contributed by atoms with van der Waals surface area (Å²) in [5.74, 6) is 0.703. The first-order valence-electron chi connectivity index (χ1n) is 12.5. The van der Waals surface area contributed by atoms with Crippen LogP contribution in [0.15, 0.2) is 53.3 Å². The molecule has 1 aromatic heterocycles. The molecule has 3 aromatic rings. The third kappa shape index (κ3) is 6.26. The van der Waals surface area contributed by atoms with E-state index in [4.69, 9.17) is 16.6 Å². The van der Waals surface area contributed by atoms with E-state index < -0.39 is 0 Å². The molecule has 0 radical (unpaired) electrons. The highest BCUT2D eigenvalue weighted by Gasteiger charge is 2.26. The van der Waals surface area contributed by atoms with Crippen molar-refractivity contribution in [1.82, 2.24) is 14.5 Å². The number of carbonyl (C=O) groups is 1. The molecule has 0 aliphatic heterocycles. The Morgan fingerprint density at radius 1 is 0.971 bits per heavy atom. The zero-order valence-corrected chi connectivity index (χ0v) is 21.4. The summed E-state index contributed by atoms with van der Waals surface area (Å²) in [6.45, 7) is 6.97. The quantitative estimate of drug-likeness (QED) is 0.259. The third-order valence-electron chi connectivity index (χ3n) is 6.29. The molecule has 3 rings (SSSR count). The van der Waals surface area contributed by atoms with Gasteiger partial charge in [0.15, 0.2) is 0 Å². The van der Waals surface area contributed by atoms with Crippen molar-refractivity contribution in [3.05, 3.63) is 69.7 Å². The summed E-state index contributed by atoms with van der Waals surface area (Å²) in [6.07, 6.45) is 7.82. The Morgan fingerprint density at radius 2 is 1.65 bits per heavy atom. The van der Waals surface area contributed by atoms with Crippen molar-refractivity contribution in [2.24, 2.45) is 0 Å². The molecule has 0 N–H and O–H groups in total. The van der Waals surface area contributed by atoms with Gasteiger partial charge in [-0.15, -0.1) is 0 Å². The van der Waals surface area contributed by atoms with Gasteiger partial charge in [0, 0.05) is 18.0 Å². The molecule has 0 aliphatic rings. The lowest BCUT2D eigenvalue weighted by molar-refractivity contribution is -0.133. The lowest BCUT2D eigenvalue weighted by Gasteiger charge is -2.31. The van der Waals surface area contributed by atoms with Crippen LogP contribution in [0.25, 0.3) is 16.6 Å². The molecule has 5 nitrogen and oxygen atoms in total. The molecule has 0 fully saturated rings. The highest BCUT2D eigenvalue weighted by molar-refractivity contribution is 6.30. The zero-order valence-electron chi connectivity index (χ0n) is 20.6. The van der Waals surface area contributed by atoms with Crippen molar-refractivity contribution in [3.63, 3.8) is 0 Å². The van der Waals surface area contributed by atoms with E-state index in [2.05, 4.69) is 13.8 Å². The number of halogens is 1. The molecule has 6 heteroatoms. The monoisotopic (exact) mass is 481 g/mol. The standard InChI is InChI=1S/C28H36ClN3O2/c1-4-6-8-9-15-26(33)31(20-12-7-5-2)21(3)27-30-25-14-11-10-13-24(25)28(34)32(27)23-18-16-22(29)17-19-23/h10-11,13-14,16-19,21H,4-9,12,15,20H2,1-3H3. The molecule has 0 bridgehead atoms. The van der Waals surface area contributed by atoms with E-state index in [1.54, 1.807) is 22.8 Å². The van der Waals surface area contributed by atoms with Crippen LogP contribution in [0.5, 0.6) is 0 Å². The van der Waals surface area contributed by atoms with Crippen LogP contribution in [0.3, 0.4) is 0 Å². The Morgan fingerprint density at radius 3 is 2.35 bits per heavy atom. The lowest BCUT2D eigenvalue weighted by atomic mass is 10.1. The van der Waals surface area contributed by atoms with Crippen LogP contribution in [-0.4, -0.2) is 26.9 Å². The minimum absolute atomic E-state index is 0.129. The van der Waals surface area contributed by atoms with Crippen molar-refractivity contribution in [2.45, 2.75) is 78.2 Å². The number of carbonyl (C=O) groups excluding carboxylic acids is 1. The Bertz CT molecular complexity index is 1140. The normalized spacial score (nSPS) is 12.1. The smallest absolute Gasteiger partial charge is 0.266 e. The van der Waals surface area contributed by atoms with Crippen LogP contribution in [-0.2, 0) is 4.79 Å². The highest BCUT2D eigenvalue weighted by Crippen LogP contribution is 2.25. The lowest BCUT2D eigenvalue weighted by Crippen LogP contribution is -2.38. The first kappa shape index (κ1) is 26.0. The summed E-state index contributed by atoms with van der Waals surface area (Å²) >= 11 is 6.11. The summed E-state index contributed by atoms with van der Waals surface area (Å²) in [6, 6.07) is 14.2. The third-order valence-corrected chi connectivity index (χ3v) is 6.55. The number of amides is 1. The Hall–Kier alpha value is -2.66. The number of benzene rings is 2. The predicted molar refractivity (Wildman–Crippen MR) is 141 cm³/mol. The fourth-order valence-corrected chi connectivity index (χ4v) is 4.45. The molecule has 1 amide bonds. The maximum atomic E-state index is 13.6. The molecular weight excluding hydrogens is 446 g/mol. The molecule has 0 saturated carbocycles. The number of hydrogen-bond acceptors (Lipinski definition) is 3. The maximum Gasteiger partial charge on any atom is 0.266 e. The van der Waals surface area contributed by atoms with Gasteiger partial charge >= 0.3 is 0 Å². The van der Waals surface area contributed by atoms with Gasteiger partial charge < -0.3 is 4.90 Å². The average molecular weight is 482 g/mol. The van der Waals surface area contributed by atoms with Crippen LogP contribution in [0.1, 0.15) is 84.0 Å². The van der Waals surface area contributed by atoms with E-state index in [1.165, 1.54) is 0 Å². The first-order chi connectivity index (χ1) is 16.5. The number of unbranched alkanes of at least 4 members (excludes halogenated alkanes) is 5. The fraction of sp³-hybridized carbons (Fsp3) is 0.464. The summed E-state index contributed by atoms with van der Waals surface area (Å²) < 4.78 is 1.64. The zero-order chi connectivity index (χ0) is 24.5. The van der Waals surface area contributed by atoms with Gasteiger partial charge in [0.2, 0.25) is 5.91 Å². The minimum Gasteiger partial charge on any atom is -0.333 e.